The van der Waals surface area contributed by atoms with E-state index >= 15 is 0 Å². The third-order valence-corrected chi connectivity index (χ3v) is 4.60. The zero-order valence-corrected chi connectivity index (χ0v) is 11.5. The average molecular weight is 252 g/mol. The number of carbonyl (C=O) groups excluding carboxylic acids is 1. The molecule has 2 atom stereocenters. The van der Waals surface area contributed by atoms with Gasteiger partial charge in [-0.3, -0.25) is 4.79 Å². The Morgan fingerprint density at radius 2 is 2.22 bits per heavy atom. The van der Waals surface area contributed by atoms with E-state index in [0.29, 0.717) is 12.0 Å². The summed E-state index contributed by atoms with van der Waals surface area (Å²) in [5, 5.41) is 9.40. The van der Waals surface area contributed by atoms with Crippen LogP contribution in [0.1, 0.15) is 52.4 Å². The lowest BCUT2D eigenvalue weighted by Gasteiger charge is -2.37. The van der Waals surface area contributed by atoms with Crippen LogP contribution in [0.2, 0.25) is 0 Å². The van der Waals surface area contributed by atoms with Crippen LogP contribution in [0.3, 0.4) is 0 Å². The molecule has 0 amide bonds. The molecular weight excluding hydrogens is 228 g/mol. The second kappa shape index (κ2) is 5.54. The Morgan fingerprint density at radius 1 is 1.44 bits per heavy atom. The summed E-state index contributed by atoms with van der Waals surface area (Å²) in [6.07, 6.45) is 5.81. The summed E-state index contributed by atoms with van der Waals surface area (Å²) in [6, 6.07) is 0. The van der Waals surface area contributed by atoms with Gasteiger partial charge >= 0.3 is 0 Å². The van der Waals surface area contributed by atoms with Crippen LogP contribution in [0.4, 0.5) is 0 Å². The van der Waals surface area contributed by atoms with Crippen LogP contribution in [0.25, 0.3) is 0 Å². The number of aliphatic hydroxyl groups is 1. The minimum Gasteiger partial charge on any atom is -0.392 e. The molecule has 0 aliphatic heterocycles. The molecule has 0 unspecified atom stereocenters. The molecule has 3 nitrogen and oxygen atoms in total. The van der Waals surface area contributed by atoms with Gasteiger partial charge in [0.2, 0.25) is 0 Å². The van der Waals surface area contributed by atoms with E-state index < -0.39 is 0 Å². The summed E-state index contributed by atoms with van der Waals surface area (Å²) >= 11 is 0. The Labute approximate surface area is 109 Å². The van der Waals surface area contributed by atoms with Crippen LogP contribution < -0.4 is 0 Å². The van der Waals surface area contributed by atoms with Gasteiger partial charge < -0.3 is 9.84 Å². The fourth-order valence-electron chi connectivity index (χ4n) is 3.39. The molecule has 102 valence electrons. The summed E-state index contributed by atoms with van der Waals surface area (Å²) in [7, 11) is 0. The van der Waals surface area contributed by atoms with Crippen molar-refractivity contribution < 1.29 is 14.6 Å². The molecule has 2 aliphatic rings. The largest absolute Gasteiger partial charge is 0.392 e. The van der Waals surface area contributed by atoms with E-state index in [-0.39, 0.29) is 23.9 Å². The molecule has 0 heterocycles. The molecule has 3 heteroatoms. The predicted octanol–water partition coefficient (Wildman–Crippen LogP) is 2.62. The minimum atomic E-state index is -0.106. The Kier molecular flexibility index (Phi) is 4.23. The van der Waals surface area contributed by atoms with Gasteiger partial charge in [0.25, 0.3) is 0 Å². The SMILES string of the molecule is CCCCO[C@@H]1CCC2=C(CO)C(=O)CC[C@]21C. The molecule has 0 radical (unpaired) electrons. The first-order valence-corrected chi connectivity index (χ1v) is 7.11. The first-order chi connectivity index (χ1) is 8.63. The summed E-state index contributed by atoms with van der Waals surface area (Å²) in [5.74, 6) is 0.138. The molecule has 0 aromatic carbocycles. The number of ketones is 1. The van der Waals surface area contributed by atoms with Crippen LogP contribution >= 0.6 is 0 Å². The van der Waals surface area contributed by atoms with Gasteiger partial charge in [-0.25, -0.2) is 0 Å². The Balaban J connectivity index is 2.16. The topological polar surface area (TPSA) is 46.5 Å². The molecule has 1 saturated carbocycles. The van der Waals surface area contributed by atoms with Crippen molar-refractivity contribution in [2.45, 2.75) is 58.5 Å². The minimum absolute atomic E-state index is 0.0142. The molecule has 18 heavy (non-hydrogen) atoms. The summed E-state index contributed by atoms with van der Waals surface area (Å²) in [6.45, 7) is 5.07. The van der Waals surface area contributed by atoms with Gasteiger partial charge in [0.1, 0.15) is 0 Å². The highest BCUT2D eigenvalue weighted by Crippen LogP contribution is 2.51. The third-order valence-electron chi connectivity index (χ3n) is 4.60. The molecule has 2 rings (SSSR count). The highest BCUT2D eigenvalue weighted by atomic mass is 16.5. The normalized spacial score (nSPS) is 31.9. The zero-order chi connectivity index (χ0) is 13.2. The number of aliphatic hydroxyl groups excluding tert-OH is 1. The maximum absolute atomic E-state index is 11.8. The number of fused-ring (bicyclic) bond motifs is 1. The number of ether oxygens (including phenoxy) is 1. The summed E-state index contributed by atoms with van der Waals surface area (Å²) in [4.78, 5) is 11.8. The van der Waals surface area contributed by atoms with Gasteiger partial charge in [-0.15, -0.1) is 0 Å². The maximum atomic E-state index is 11.8. The summed E-state index contributed by atoms with van der Waals surface area (Å²) < 4.78 is 6.02. The van der Waals surface area contributed by atoms with Gasteiger partial charge in [0, 0.05) is 24.0 Å². The number of hydrogen-bond donors (Lipinski definition) is 1. The molecule has 0 bridgehead atoms. The molecule has 0 saturated heterocycles. The molecule has 1 N–H and O–H groups in total. The van der Waals surface area contributed by atoms with Crippen molar-refractivity contribution in [2.24, 2.45) is 5.41 Å². The van der Waals surface area contributed by atoms with Crippen LogP contribution in [-0.2, 0) is 9.53 Å². The van der Waals surface area contributed by atoms with Crippen LogP contribution in [0.15, 0.2) is 11.1 Å². The fraction of sp³-hybridized carbons (Fsp3) is 0.800. The number of Topliss-reactive ketones (excluding diaryl/α,β-unsaturated/α-hetero) is 1. The summed E-state index contributed by atoms with van der Waals surface area (Å²) in [5.41, 5.74) is 1.83. The highest BCUT2D eigenvalue weighted by Gasteiger charge is 2.47. The smallest absolute Gasteiger partial charge is 0.161 e. The van der Waals surface area contributed by atoms with Crippen molar-refractivity contribution in [3.05, 3.63) is 11.1 Å². The van der Waals surface area contributed by atoms with Crippen molar-refractivity contribution in [1.29, 1.82) is 0 Å². The van der Waals surface area contributed by atoms with Gasteiger partial charge in [0.15, 0.2) is 5.78 Å². The van der Waals surface area contributed by atoms with Crippen molar-refractivity contribution in [3.8, 4) is 0 Å². The zero-order valence-electron chi connectivity index (χ0n) is 11.5. The van der Waals surface area contributed by atoms with Gasteiger partial charge in [0.05, 0.1) is 12.7 Å². The maximum Gasteiger partial charge on any atom is 0.161 e. The van der Waals surface area contributed by atoms with Gasteiger partial charge in [-0.1, -0.05) is 25.8 Å². The molecule has 1 fully saturated rings. The van der Waals surface area contributed by atoms with Crippen LogP contribution in [0.5, 0.6) is 0 Å². The average Bonchev–Trinajstić information content (AvgIpc) is 2.68. The quantitative estimate of drug-likeness (QED) is 0.765. The lowest BCUT2D eigenvalue weighted by Crippen LogP contribution is -2.36. The van der Waals surface area contributed by atoms with Gasteiger partial charge in [-0.05, 0) is 25.7 Å². The van der Waals surface area contributed by atoms with E-state index in [1.807, 2.05) is 0 Å². The van der Waals surface area contributed by atoms with Crippen LogP contribution in [-0.4, -0.2) is 30.2 Å². The second-order valence-corrected chi connectivity index (χ2v) is 5.71. The number of carbonyl (C=O) groups is 1. The first kappa shape index (κ1) is 13.8. The molecular formula is C15H24O3. The molecule has 0 aromatic heterocycles. The fourth-order valence-corrected chi connectivity index (χ4v) is 3.39. The van der Waals surface area contributed by atoms with Crippen molar-refractivity contribution >= 4 is 5.78 Å². The standard InChI is InChI=1S/C15H24O3/c1-3-4-9-18-14-6-5-12-11(10-16)13(17)7-8-15(12,14)2/h14,16H,3-10H2,1-2H3/t14-,15-/m1/s1. The van der Waals surface area contributed by atoms with E-state index in [0.717, 1.165) is 38.7 Å². The van der Waals surface area contributed by atoms with Crippen molar-refractivity contribution in [2.75, 3.05) is 13.2 Å². The predicted molar refractivity (Wildman–Crippen MR) is 70.3 cm³/mol. The van der Waals surface area contributed by atoms with Crippen molar-refractivity contribution in [3.63, 3.8) is 0 Å². The van der Waals surface area contributed by atoms with E-state index in [9.17, 15) is 9.90 Å². The Hall–Kier alpha value is -0.670. The highest BCUT2D eigenvalue weighted by molar-refractivity contribution is 5.97. The lowest BCUT2D eigenvalue weighted by atomic mass is 9.71. The molecule has 0 aromatic rings. The van der Waals surface area contributed by atoms with Crippen LogP contribution in [0, 0.1) is 5.41 Å². The second-order valence-electron chi connectivity index (χ2n) is 5.71. The van der Waals surface area contributed by atoms with Crippen molar-refractivity contribution in [1.82, 2.24) is 0 Å². The lowest BCUT2D eigenvalue weighted by molar-refractivity contribution is -0.118. The van der Waals surface area contributed by atoms with E-state index in [4.69, 9.17) is 4.74 Å². The molecule has 0 spiro atoms. The van der Waals surface area contributed by atoms with E-state index in [1.54, 1.807) is 0 Å². The molecule has 2 aliphatic carbocycles. The first-order valence-electron chi connectivity index (χ1n) is 7.11. The third kappa shape index (κ3) is 2.26. The van der Waals surface area contributed by atoms with E-state index in [2.05, 4.69) is 13.8 Å². The van der Waals surface area contributed by atoms with Gasteiger partial charge in [-0.2, -0.15) is 0 Å². The Bertz CT molecular complexity index is 359. The number of hydrogen-bond acceptors (Lipinski definition) is 3. The number of unbranched alkanes of at least 4 members (excludes halogenated alkanes) is 1. The van der Waals surface area contributed by atoms with E-state index in [1.165, 1.54) is 5.57 Å². The monoisotopic (exact) mass is 252 g/mol. The Morgan fingerprint density at radius 3 is 2.89 bits per heavy atom. The number of rotatable bonds is 5.